The van der Waals surface area contributed by atoms with E-state index >= 15 is 0 Å². The summed E-state index contributed by atoms with van der Waals surface area (Å²) in [7, 11) is 0. The van der Waals surface area contributed by atoms with Crippen LogP contribution < -0.4 is 0 Å². The van der Waals surface area contributed by atoms with Gasteiger partial charge in [-0.2, -0.15) is 0 Å². The third-order valence-electron chi connectivity index (χ3n) is 9.75. The Morgan fingerprint density at radius 1 is 0.575 bits per heavy atom. The summed E-state index contributed by atoms with van der Waals surface area (Å²) >= 11 is 0. The van der Waals surface area contributed by atoms with Crippen LogP contribution >= 0.6 is 0 Å². The molecule has 0 fully saturated rings. The number of hydrogen-bond donors (Lipinski definition) is 0. The van der Waals surface area contributed by atoms with Gasteiger partial charge >= 0.3 is 0 Å². The van der Waals surface area contributed by atoms with Crippen molar-refractivity contribution in [3.8, 4) is 16.9 Å². The van der Waals surface area contributed by atoms with Crippen LogP contribution in [0.5, 0.6) is 0 Å². The van der Waals surface area contributed by atoms with E-state index in [1.165, 1.54) is 50.5 Å². The fourth-order valence-electron chi connectivity index (χ4n) is 6.58. The zero-order valence-corrected chi connectivity index (χ0v) is 24.8. The van der Waals surface area contributed by atoms with Gasteiger partial charge in [0.1, 0.15) is 0 Å². The average molecular weight is 524 g/mol. The Kier molecular flexibility index (Phi) is 6.37. The van der Waals surface area contributed by atoms with E-state index in [2.05, 4.69) is 161 Å². The predicted octanol–water partition coefficient (Wildman–Crippen LogP) is 10.2. The zero-order valence-electron chi connectivity index (χ0n) is 24.8. The first kappa shape index (κ1) is 26.4. The molecule has 1 heterocycles. The zero-order chi connectivity index (χ0) is 28.1. The molecule has 1 aromatic heterocycles. The highest BCUT2D eigenvalue weighted by molar-refractivity contribution is 5.87. The maximum absolute atomic E-state index is 2.57. The van der Waals surface area contributed by atoms with E-state index < -0.39 is 5.41 Å². The van der Waals surface area contributed by atoms with Crippen LogP contribution in [0.4, 0.5) is 0 Å². The molecule has 0 saturated carbocycles. The van der Waals surface area contributed by atoms with Crippen molar-refractivity contribution in [2.24, 2.45) is 0 Å². The first-order valence-electron chi connectivity index (χ1n) is 14.8. The molecule has 0 spiro atoms. The summed E-state index contributed by atoms with van der Waals surface area (Å²) in [5, 5.41) is 0. The lowest BCUT2D eigenvalue weighted by molar-refractivity contribution is 0.482. The molecule has 0 unspecified atom stereocenters. The monoisotopic (exact) mass is 523 g/mol. The third kappa shape index (κ3) is 3.82. The fourth-order valence-corrected chi connectivity index (χ4v) is 6.58. The van der Waals surface area contributed by atoms with E-state index in [4.69, 9.17) is 0 Å². The average Bonchev–Trinajstić information content (AvgIpc) is 3.53. The van der Waals surface area contributed by atoms with Crippen molar-refractivity contribution in [1.29, 1.82) is 0 Å². The summed E-state index contributed by atoms with van der Waals surface area (Å²) in [6, 6.07) is 43.2. The molecule has 5 aromatic rings. The van der Waals surface area contributed by atoms with Gasteiger partial charge in [0.25, 0.3) is 0 Å². The molecule has 0 amide bonds. The standard InChI is InChI=1S/C39H41N/c1-7-37(3,4)30-24-25-32-33(26-30)39(28-18-12-9-13-19-28,29-20-14-10-15-21-29)34-27-35(38(5,6)8-2)40(36(32)34)31-22-16-11-17-23-31/h9-27H,7-8H2,1-6H3. The molecular weight excluding hydrogens is 482 g/mol. The normalized spacial score (nSPS) is 14.2. The van der Waals surface area contributed by atoms with E-state index in [-0.39, 0.29) is 10.8 Å². The maximum atomic E-state index is 2.57. The number of rotatable bonds is 7. The van der Waals surface area contributed by atoms with Crippen molar-refractivity contribution in [3.63, 3.8) is 0 Å². The van der Waals surface area contributed by atoms with Crippen molar-refractivity contribution in [2.45, 2.75) is 70.6 Å². The second-order valence-electron chi connectivity index (χ2n) is 12.7. The molecule has 0 atom stereocenters. The van der Waals surface area contributed by atoms with Crippen molar-refractivity contribution < 1.29 is 0 Å². The lowest BCUT2D eigenvalue weighted by Crippen LogP contribution is -2.29. The summed E-state index contributed by atoms with van der Waals surface area (Å²) < 4.78 is 2.57. The largest absolute Gasteiger partial charge is 0.313 e. The molecule has 1 aliphatic carbocycles. The molecule has 40 heavy (non-hydrogen) atoms. The fraction of sp³-hybridized carbons (Fsp3) is 0.282. The highest BCUT2D eigenvalue weighted by atomic mass is 15.0. The number of nitrogens with zero attached hydrogens (tertiary/aromatic N) is 1. The van der Waals surface area contributed by atoms with E-state index in [0.29, 0.717) is 0 Å². The van der Waals surface area contributed by atoms with Crippen LogP contribution in [0.2, 0.25) is 0 Å². The molecule has 1 heteroatoms. The second-order valence-corrected chi connectivity index (χ2v) is 12.7. The first-order valence-corrected chi connectivity index (χ1v) is 14.8. The van der Waals surface area contributed by atoms with Crippen molar-refractivity contribution in [3.05, 3.63) is 149 Å². The van der Waals surface area contributed by atoms with Crippen LogP contribution in [-0.4, -0.2) is 4.57 Å². The van der Waals surface area contributed by atoms with E-state index in [1.807, 2.05) is 0 Å². The Bertz CT molecular complexity index is 1600. The van der Waals surface area contributed by atoms with Gasteiger partial charge in [-0.1, -0.05) is 139 Å². The molecular formula is C39H41N. The Balaban J connectivity index is 1.83. The van der Waals surface area contributed by atoms with E-state index in [9.17, 15) is 0 Å². The van der Waals surface area contributed by atoms with Crippen molar-refractivity contribution >= 4 is 0 Å². The summed E-state index contributed by atoms with van der Waals surface area (Å²) in [4.78, 5) is 0. The van der Waals surface area contributed by atoms with Crippen LogP contribution in [0.3, 0.4) is 0 Å². The summed E-state index contributed by atoms with van der Waals surface area (Å²) in [6.07, 6.45) is 2.15. The molecule has 0 radical (unpaired) electrons. The van der Waals surface area contributed by atoms with Gasteiger partial charge in [-0.15, -0.1) is 0 Å². The van der Waals surface area contributed by atoms with Crippen molar-refractivity contribution in [2.75, 3.05) is 0 Å². The van der Waals surface area contributed by atoms with Crippen LogP contribution in [0.1, 0.15) is 87.9 Å². The molecule has 4 aromatic carbocycles. The van der Waals surface area contributed by atoms with E-state index in [0.717, 1.165) is 12.8 Å². The molecule has 1 nitrogen and oxygen atoms in total. The number of para-hydroxylation sites is 1. The minimum absolute atomic E-state index is 0.00357. The van der Waals surface area contributed by atoms with Gasteiger partial charge < -0.3 is 4.57 Å². The molecule has 0 bridgehead atoms. The number of aromatic nitrogens is 1. The van der Waals surface area contributed by atoms with Crippen LogP contribution in [0.15, 0.2) is 115 Å². The maximum Gasteiger partial charge on any atom is 0.0729 e. The SMILES string of the molecule is CCC(C)(C)c1ccc2c(c1)C(c1ccccc1)(c1ccccc1)c1cc(C(C)(C)CC)n(-c3ccccc3)c1-2. The summed E-state index contributed by atoms with van der Waals surface area (Å²) in [5.41, 5.74) is 11.7. The smallest absolute Gasteiger partial charge is 0.0729 e. The second kappa shape index (κ2) is 9.66. The predicted molar refractivity (Wildman–Crippen MR) is 170 cm³/mol. The Hall–Kier alpha value is -3.84. The first-order chi connectivity index (χ1) is 19.3. The van der Waals surface area contributed by atoms with Crippen LogP contribution in [0, 0.1) is 0 Å². The third-order valence-corrected chi connectivity index (χ3v) is 9.75. The summed E-state index contributed by atoms with van der Waals surface area (Å²) in [6.45, 7) is 14.1. The molecule has 0 saturated heterocycles. The molecule has 0 aliphatic heterocycles. The Morgan fingerprint density at radius 3 is 1.62 bits per heavy atom. The van der Waals surface area contributed by atoms with Crippen molar-refractivity contribution in [1.82, 2.24) is 4.57 Å². The van der Waals surface area contributed by atoms with E-state index in [1.54, 1.807) is 0 Å². The Labute approximate surface area is 240 Å². The molecule has 6 rings (SSSR count). The van der Waals surface area contributed by atoms with Gasteiger partial charge in [0.05, 0.1) is 11.1 Å². The van der Waals surface area contributed by atoms with Gasteiger partial charge in [0, 0.05) is 22.4 Å². The lowest BCUT2D eigenvalue weighted by Gasteiger charge is -2.35. The minimum Gasteiger partial charge on any atom is -0.313 e. The summed E-state index contributed by atoms with van der Waals surface area (Å²) in [5.74, 6) is 0. The highest BCUT2D eigenvalue weighted by Crippen LogP contribution is 2.59. The van der Waals surface area contributed by atoms with Gasteiger partial charge in [0.15, 0.2) is 0 Å². The highest BCUT2D eigenvalue weighted by Gasteiger charge is 2.49. The van der Waals surface area contributed by atoms with Gasteiger partial charge in [0.2, 0.25) is 0 Å². The number of benzene rings is 4. The van der Waals surface area contributed by atoms with Gasteiger partial charge in [-0.3, -0.25) is 0 Å². The number of fused-ring (bicyclic) bond motifs is 3. The molecule has 1 aliphatic rings. The minimum atomic E-state index is -0.411. The quantitative estimate of drug-likeness (QED) is 0.196. The topological polar surface area (TPSA) is 4.93 Å². The molecule has 0 N–H and O–H groups in total. The molecule has 202 valence electrons. The Morgan fingerprint density at radius 2 is 1.10 bits per heavy atom. The van der Waals surface area contributed by atoms with Gasteiger partial charge in [-0.05, 0) is 64.3 Å². The lowest BCUT2D eigenvalue weighted by atomic mass is 9.67. The van der Waals surface area contributed by atoms with Crippen LogP contribution in [-0.2, 0) is 16.2 Å². The van der Waals surface area contributed by atoms with Gasteiger partial charge in [-0.25, -0.2) is 0 Å². The van der Waals surface area contributed by atoms with Crippen LogP contribution in [0.25, 0.3) is 16.9 Å². The number of hydrogen-bond acceptors (Lipinski definition) is 0.